The van der Waals surface area contributed by atoms with Crippen LogP contribution in [0.25, 0.3) is 0 Å². The van der Waals surface area contributed by atoms with Crippen molar-refractivity contribution in [2.24, 2.45) is 0 Å². The number of aromatic nitrogens is 1. The van der Waals surface area contributed by atoms with Gasteiger partial charge in [0.1, 0.15) is 5.75 Å². The van der Waals surface area contributed by atoms with E-state index in [0.717, 1.165) is 54.8 Å². The summed E-state index contributed by atoms with van der Waals surface area (Å²) in [5.41, 5.74) is 5.29. The van der Waals surface area contributed by atoms with Crippen molar-refractivity contribution in [3.63, 3.8) is 0 Å². The SMILES string of the molecule is COc1ccc(C(NC2CCN([C@H](C)CCNC(=O)c3c(C)cc(C#N)cc3C)CC2)c2cccnc2)cc1. The van der Waals surface area contributed by atoms with Crippen molar-refractivity contribution < 1.29 is 9.53 Å². The molecule has 1 aliphatic heterocycles. The topological polar surface area (TPSA) is 90.3 Å². The number of aryl methyl sites for hydroxylation is 2. The summed E-state index contributed by atoms with van der Waals surface area (Å²) in [5, 5.41) is 16.1. The first-order valence-electron chi connectivity index (χ1n) is 13.7. The van der Waals surface area contributed by atoms with Crippen LogP contribution >= 0.6 is 0 Å². The Kier molecular flexibility index (Phi) is 9.69. The van der Waals surface area contributed by atoms with Crippen LogP contribution in [-0.4, -0.2) is 54.6 Å². The molecule has 0 bridgehead atoms. The lowest BCUT2D eigenvalue weighted by Gasteiger charge is -2.38. The molecule has 0 spiro atoms. The molecule has 1 aromatic heterocycles. The molecule has 2 heterocycles. The van der Waals surface area contributed by atoms with E-state index >= 15 is 0 Å². The monoisotopic (exact) mass is 525 g/mol. The smallest absolute Gasteiger partial charge is 0.251 e. The van der Waals surface area contributed by atoms with Gasteiger partial charge in [0, 0.05) is 36.6 Å². The summed E-state index contributed by atoms with van der Waals surface area (Å²) >= 11 is 0. The summed E-state index contributed by atoms with van der Waals surface area (Å²) in [6.45, 7) is 8.67. The van der Waals surface area contributed by atoms with E-state index in [1.54, 1.807) is 19.2 Å². The second kappa shape index (κ2) is 13.4. The van der Waals surface area contributed by atoms with Crippen LogP contribution in [0.2, 0.25) is 0 Å². The largest absolute Gasteiger partial charge is 0.497 e. The Hall–Kier alpha value is -3.73. The van der Waals surface area contributed by atoms with E-state index in [2.05, 4.69) is 51.7 Å². The molecule has 0 saturated carbocycles. The number of likely N-dealkylation sites (tertiary alicyclic amines) is 1. The minimum absolute atomic E-state index is 0.0652. The molecule has 1 saturated heterocycles. The van der Waals surface area contributed by atoms with E-state index < -0.39 is 0 Å². The molecule has 7 nitrogen and oxygen atoms in total. The summed E-state index contributed by atoms with van der Waals surface area (Å²) in [6.07, 6.45) is 6.76. The molecule has 7 heteroatoms. The number of carbonyl (C=O) groups excluding carboxylic acids is 1. The van der Waals surface area contributed by atoms with Gasteiger partial charge in [-0.3, -0.25) is 9.78 Å². The van der Waals surface area contributed by atoms with Crippen LogP contribution in [0.15, 0.2) is 60.9 Å². The molecule has 4 rings (SSSR count). The Labute approximate surface area is 232 Å². The van der Waals surface area contributed by atoms with Crippen LogP contribution in [0, 0.1) is 25.2 Å². The van der Waals surface area contributed by atoms with Crippen LogP contribution in [0.1, 0.15) is 70.4 Å². The molecule has 204 valence electrons. The second-order valence-electron chi connectivity index (χ2n) is 10.5. The Morgan fingerprint density at radius 1 is 1.13 bits per heavy atom. The van der Waals surface area contributed by atoms with Crippen LogP contribution in [0.5, 0.6) is 5.75 Å². The minimum atomic E-state index is -0.0652. The fourth-order valence-electron chi connectivity index (χ4n) is 5.52. The molecule has 39 heavy (non-hydrogen) atoms. The molecule has 1 aliphatic rings. The van der Waals surface area contributed by atoms with Gasteiger partial charge < -0.3 is 20.3 Å². The van der Waals surface area contributed by atoms with Crippen molar-refractivity contribution in [1.82, 2.24) is 20.5 Å². The predicted molar refractivity (Wildman–Crippen MR) is 154 cm³/mol. The highest BCUT2D eigenvalue weighted by Crippen LogP contribution is 2.26. The van der Waals surface area contributed by atoms with E-state index in [9.17, 15) is 4.79 Å². The number of hydrogen-bond donors (Lipinski definition) is 2. The number of amides is 1. The molecule has 3 aromatic rings. The van der Waals surface area contributed by atoms with Crippen LogP contribution in [0.4, 0.5) is 0 Å². The van der Waals surface area contributed by atoms with Crippen LogP contribution in [-0.2, 0) is 0 Å². The Bertz CT molecular complexity index is 1260. The minimum Gasteiger partial charge on any atom is -0.497 e. The van der Waals surface area contributed by atoms with Crippen molar-refractivity contribution >= 4 is 5.91 Å². The molecule has 1 fully saturated rings. The number of benzene rings is 2. The summed E-state index contributed by atoms with van der Waals surface area (Å²) in [7, 11) is 1.69. The maximum atomic E-state index is 12.8. The quantitative estimate of drug-likeness (QED) is 0.390. The molecular weight excluding hydrogens is 486 g/mol. The molecule has 1 unspecified atom stereocenters. The first-order valence-corrected chi connectivity index (χ1v) is 13.7. The molecular formula is C32H39N5O2. The third-order valence-corrected chi connectivity index (χ3v) is 7.76. The van der Waals surface area contributed by atoms with Gasteiger partial charge in [-0.2, -0.15) is 5.26 Å². The number of carbonyl (C=O) groups is 1. The third-order valence-electron chi connectivity index (χ3n) is 7.76. The summed E-state index contributed by atoms with van der Waals surface area (Å²) in [6, 6.07) is 18.9. The van der Waals surface area contributed by atoms with Gasteiger partial charge in [-0.15, -0.1) is 0 Å². The van der Waals surface area contributed by atoms with Gasteiger partial charge in [-0.25, -0.2) is 0 Å². The number of nitriles is 1. The van der Waals surface area contributed by atoms with E-state index in [4.69, 9.17) is 10.00 Å². The zero-order valence-electron chi connectivity index (χ0n) is 23.4. The summed E-state index contributed by atoms with van der Waals surface area (Å²) in [4.78, 5) is 19.7. The highest BCUT2D eigenvalue weighted by atomic mass is 16.5. The van der Waals surface area contributed by atoms with E-state index in [-0.39, 0.29) is 11.9 Å². The van der Waals surface area contributed by atoms with Crippen molar-refractivity contribution in [1.29, 1.82) is 5.26 Å². The second-order valence-corrected chi connectivity index (χ2v) is 10.5. The summed E-state index contributed by atoms with van der Waals surface area (Å²) < 4.78 is 5.35. The predicted octanol–water partition coefficient (Wildman–Crippen LogP) is 4.93. The fraction of sp³-hybridized carbons (Fsp3) is 0.406. The first kappa shape index (κ1) is 28.3. The number of piperidine rings is 1. The van der Waals surface area contributed by atoms with Gasteiger partial charge in [0.15, 0.2) is 0 Å². The molecule has 1 amide bonds. The van der Waals surface area contributed by atoms with Crippen LogP contribution in [0.3, 0.4) is 0 Å². The van der Waals surface area contributed by atoms with Gasteiger partial charge in [-0.05, 0) is 106 Å². The molecule has 2 aromatic carbocycles. The van der Waals surface area contributed by atoms with Crippen LogP contribution < -0.4 is 15.4 Å². The zero-order chi connectivity index (χ0) is 27.8. The maximum absolute atomic E-state index is 12.8. The lowest BCUT2D eigenvalue weighted by molar-refractivity contribution is 0.0943. The van der Waals surface area contributed by atoms with Gasteiger partial charge in [0.25, 0.3) is 5.91 Å². The normalized spacial score (nSPS) is 15.8. The zero-order valence-corrected chi connectivity index (χ0v) is 23.4. The maximum Gasteiger partial charge on any atom is 0.251 e. The van der Waals surface area contributed by atoms with E-state index in [1.807, 2.05) is 44.4 Å². The Balaban J connectivity index is 1.28. The number of rotatable bonds is 10. The lowest BCUT2D eigenvalue weighted by atomic mass is 9.96. The number of methoxy groups -OCH3 is 1. The first-order chi connectivity index (χ1) is 18.9. The number of nitrogens with zero attached hydrogens (tertiary/aromatic N) is 3. The van der Waals surface area contributed by atoms with Gasteiger partial charge >= 0.3 is 0 Å². The lowest BCUT2D eigenvalue weighted by Crippen LogP contribution is -2.47. The molecule has 0 radical (unpaired) electrons. The summed E-state index contributed by atoms with van der Waals surface area (Å²) in [5.74, 6) is 0.786. The number of pyridine rings is 1. The van der Waals surface area contributed by atoms with Gasteiger partial charge in [-0.1, -0.05) is 18.2 Å². The third kappa shape index (κ3) is 7.23. The fourth-order valence-corrected chi connectivity index (χ4v) is 5.52. The molecule has 2 atom stereocenters. The van der Waals surface area contributed by atoms with Crippen molar-refractivity contribution in [2.75, 3.05) is 26.7 Å². The average Bonchev–Trinajstić information content (AvgIpc) is 2.96. The Morgan fingerprint density at radius 3 is 2.41 bits per heavy atom. The van der Waals surface area contributed by atoms with Crippen molar-refractivity contribution in [2.45, 2.75) is 58.2 Å². The van der Waals surface area contributed by atoms with E-state index in [0.29, 0.717) is 29.8 Å². The number of nitrogens with one attached hydrogen (secondary N) is 2. The standard InChI is InChI=1S/C32H39N5O2/c1-22-18-25(20-33)19-23(2)30(22)32(38)35-15-11-24(3)37-16-12-28(13-17-37)36-31(27-6-5-14-34-21-27)26-7-9-29(39-4)10-8-26/h5-10,14,18-19,21,24,28,31,36H,11-13,15-17H2,1-4H3,(H,35,38)/t24-,31?/m1/s1. The Morgan fingerprint density at radius 2 is 1.82 bits per heavy atom. The van der Waals surface area contributed by atoms with Crippen molar-refractivity contribution in [3.8, 4) is 11.8 Å². The number of ether oxygens (including phenoxy) is 1. The number of hydrogen-bond acceptors (Lipinski definition) is 6. The average molecular weight is 526 g/mol. The van der Waals surface area contributed by atoms with Gasteiger partial charge in [0.2, 0.25) is 0 Å². The van der Waals surface area contributed by atoms with Gasteiger partial charge in [0.05, 0.1) is 24.8 Å². The molecule has 2 N–H and O–H groups in total. The highest BCUT2D eigenvalue weighted by Gasteiger charge is 2.26. The highest BCUT2D eigenvalue weighted by molar-refractivity contribution is 5.97. The van der Waals surface area contributed by atoms with E-state index in [1.165, 1.54) is 5.56 Å². The van der Waals surface area contributed by atoms with Crippen molar-refractivity contribution in [3.05, 3.63) is 94.3 Å². The molecule has 0 aliphatic carbocycles.